The fraction of sp³-hybridized carbons (Fsp3) is 0.231. The van der Waals surface area contributed by atoms with Gasteiger partial charge in [0.15, 0.2) is 41.0 Å². The van der Waals surface area contributed by atoms with Crippen molar-refractivity contribution in [2.75, 3.05) is 27.9 Å². The molecule has 0 fully saturated rings. The zero-order chi connectivity index (χ0) is 30.2. The molecule has 14 heteroatoms. The van der Waals surface area contributed by atoms with Crippen LogP contribution in [0.2, 0.25) is 0 Å². The average Bonchev–Trinajstić information content (AvgIpc) is 2.97. The normalized spacial score (nSPS) is 8.97. The molecule has 0 saturated heterocycles. The number of rotatable bonds is 6. The number of ether oxygens (including phenoxy) is 3. The van der Waals surface area contributed by atoms with E-state index in [1.165, 1.54) is 45.6 Å². The Bertz CT molecular complexity index is 1100. The molecule has 3 rings (SSSR count). The Balaban J connectivity index is -0.000000469. The summed E-state index contributed by atoms with van der Waals surface area (Å²) < 4.78 is 53.2. The minimum atomic E-state index is -0.606. The number of benzene rings is 3. The van der Waals surface area contributed by atoms with Crippen LogP contribution in [-0.4, -0.2) is 56.0 Å². The first-order valence-electron chi connectivity index (χ1n) is 11.0. The Morgan fingerprint density at radius 3 is 1.55 bits per heavy atom. The van der Waals surface area contributed by atoms with Crippen LogP contribution in [-0.2, 0) is 6.54 Å². The second kappa shape index (κ2) is 25.4. The summed E-state index contributed by atoms with van der Waals surface area (Å²) in [7, 11) is 4.16. The molecule has 3 aromatic rings. The Hall–Kier alpha value is -3.88. The fourth-order valence-electron chi connectivity index (χ4n) is 2.50. The van der Waals surface area contributed by atoms with Gasteiger partial charge in [0.05, 0.1) is 33.1 Å². The number of nitrogens with two attached hydrogens (primary N) is 2. The summed E-state index contributed by atoms with van der Waals surface area (Å²) in [5.74, 6) is 2.47. The molecule has 10 nitrogen and oxygen atoms in total. The summed E-state index contributed by atoms with van der Waals surface area (Å²) in [5, 5.41) is 25.0. The molecule has 0 atom stereocenters. The van der Waals surface area contributed by atoms with Crippen LogP contribution in [0.5, 0.6) is 17.2 Å². The van der Waals surface area contributed by atoms with Gasteiger partial charge in [0.2, 0.25) is 0 Å². The van der Waals surface area contributed by atoms with E-state index in [4.69, 9.17) is 30.7 Å². The summed E-state index contributed by atoms with van der Waals surface area (Å²) >= 11 is 0. The van der Waals surface area contributed by atoms with Crippen molar-refractivity contribution in [2.45, 2.75) is 13.5 Å². The molecule has 40 heavy (non-hydrogen) atoms. The first kappa shape index (κ1) is 40.6. The van der Waals surface area contributed by atoms with Crippen molar-refractivity contribution < 1.29 is 47.7 Å². The Kier molecular flexibility index (Phi) is 25.8. The van der Waals surface area contributed by atoms with Gasteiger partial charge < -0.3 is 35.5 Å². The van der Waals surface area contributed by atoms with Crippen LogP contribution in [0.4, 0.5) is 13.2 Å². The predicted octanol–water partition coefficient (Wildman–Crippen LogP) is 4.34. The highest BCUT2D eigenvalue weighted by atomic mass is 35.5. The second-order valence-corrected chi connectivity index (χ2v) is 6.54. The highest BCUT2D eigenvalue weighted by Gasteiger charge is 2.07. The summed E-state index contributed by atoms with van der Waals surface area (Å²) in [6, 6.07) is 13.9. The lowest BCUT2D eigenvalue weighted by atomic mass is 10.2. The van der Waals surface area contributed by atoms with Crippen molar-refractivity contribution in [3.05, 3.63) is 88.7 Å². The monoisotopic (exact) mass is 593 g/mol. The second-order valence-electron chi connectivity index (χ2n) is 6.54. The zero-order valence-electron chi connectivity index (χ0n) is 22.4. The van der Waals surface area contributed by atoms with Crippen LogP contribution in [0.15, 0.2) is 59.8 Å². The van der Waals surface area contributed by atoms with E-state index < -0.39 is 11.6 Å². The smallest absolute Gasteiger partial charge is 0.175 e. The molecule has 0 aromatic heterocycles. The summed E-state index contributed by atoms with van der Waals surface area (Å²) in [5.41, 5.74) is 5.96. The van der Waals surface area contributed by atoms with Crippen LogP contribution in [0.1, 0.15) is 28.4 Å². The Morgan fingerprint density at radius 2 is 1.18 bits per heavy atom. The summed E-state index contributed by atoms with van der Waals surface area (Å²) in [6.45, 7) is 2.13. The van der Waals surface area contributed by atoms with Gasteiger partial charge in [-0.3, -0.25) is 4.79 Å². The van der Waals surface area contributed by atoms with Gasteiger partial charge >= 0.3 is 0 Å². The molecular weight excluding hydrogens is 559 g/mol. The summed E-state index contributed by atoms with van der Waals surface area (Å²) in [4.78, 5) is 10.2. The van der Waals surface area contributed by atoms with Crippen LogP contribution >= 0.6 is 12.4 Å². The van der Waals surface area contributed by atoms with Crippen LogP contribution in [0, 0.1) is 17.5 Å². The van der Waals surface area contributed by atoms with Crippen molar-refractivity contribution in [2.24, 2.45) is 16.8 Å². The largest absolute Gasteiger partial charge is 0.494 e. The molecule has 0 radical (unpaired) electrons. The van der Waals surface area contributed by atoms with Gasteiger partial charge in [-0.25, -0.2) is 19.1 Å². The van der Waals surface area contributed by atoms with Crippen molar-refractivity contribution in [1.29, 1.82) is 0 Å². The first-order valence-corrected chi connectivity index (χ1v) is 11.0. The molecule has 0 aliphatic rings. The van der Waals surface area contributed by atoms with E-state index in [2.05, 4.69) is 15.8 Å². The molecule has 224 valence electrons. The van der Waals surface area contributed by atoms with E-state index >= 15 is 0 Å². The van der Waals surface area contributed by atoms with Crippen molar-refractivity contribution in [3.63, 3.8) is 0 Å². The maximum atomic E-state index is 13.1. The maximum absolute atomic E-state index is 13.1. The zero-order valence-corrected chi connectivity index (χ0v) is 23.2. The highest BCUT2D eigenvalue weighted by Crippen LogP contribution is 2.20. The lowest BCUT2D eigenvalue weighted by molar-refractivity contribution is 0.111. The molecule has 0 saturated carbocycles. The molecule has 0 amide bonds. The van der Waals surface area contributed by atoms with Crippen molar-refractivity contribution >= 4 is 24.9 Å². The SMILES string of the molecule is CCO.COc1cccc(/C=N/O)c1F.COc1cccc(C=O)c1F.COc1cccc(CN)c1F.Cl.NO. The quantitative estimate of drug-likeness (QED) is 0.121. The number of aldehydes is 1. The van der Waals surface area contributed by atoms with Crippen LogP contribution < -0.4 is 25.8 Å². The van der Waals surface area contributed by atoms with E-state index in [-0.39, 0.29) is 59.8 Å². The van der Waals surface area contributed by atoms with Crippen molar-refractivity contribution in [3.8, 4) is 17.2 Å². The van der Waals surface area contributed by atoms with Gasteiger partial charge in [0.25, 0.3) is 0 Å². The lowest BCUT2D eigenvalue weighted by Crippen LogP contribution is -2.00. The molecule has 3 aromatic carbocycles. The topological polar surface area (TPSA) is 170 Å². The summed E-state index contributed by atoms with van der Waals surface area (Å²) in [6.07, 6.45) is 1.47. The number of hydrogen-bond donors (Lipinski definition) is 5. The minimum absolute atomic E-state index is 0. The van der Waals surface area contributed by atoms with Gasteiger partial charge in [-0.2, -0.15) is 0 Å². The van der Waals surface area contributed by atoms with Crippen LogP contribution in [0.3, 0.4) is 0 Å². The number of oxime groups is 1. The molecule has 0 spiro atoms. The lowest BCUT2D eigenvalue weighted by Gasteiger charge is -2.03. The van der Waals surface area contributed by atoms with Gasteiger partial charge in [0.1, 0.15) is 0 Å². The molecule has 0 aliphatic carbocycles. The fourth-order valence-corrected chi connectivity index (χ4v) is 2.50. The number of carbonyl (C=O) groups is 1. The van der Waals surface area contributed by atoms with E-state index in [0.717, 1.165) is 6.21 Å². The molecule has 0 unspecified atom stereocenters. The number of methoxy groups -OCH3 is 3. The molecule has 0 aliphatic heterocycles. The average molecular weight is 594 g/mol. The van der Waals surface area contributed by atoms with Crippen LogP contribution in [0.25, 0.3) is 0 Å². The number of nitrogens with zero attached hydrogens (tertiary/aromatic N) is 1. The van der Waals surface area contributed by atoms with Crippen molar-refractivity contribution in [1.82, 2.24) is 0 Å². The number of hydrogen-bond acceptors (Lipinski definition) is 10. The van der Waals surface area contributed by atoms with E-state index in [1.807, 2.05) is 0 Å². The standard InChI is InChI=1S/C8H8FNO2.C8H10FNO.C8H7FO2.C2H6O.ClH.H3NO/c1-12-7-4-2-3-6(5-10-11)8(7)9;2*1-11-7-4-2-3-6(5-10)8(7)9;1-2-3;;1-2/h2-5,11H,1H3;2-4H,5,10H2,1H3;2-5H,1H3;3H,2H2,1H3;1H;2H,1H2/b10-5+;;;;;. The number of halogens is 4. The predicted molar refractivity (Wildman–Crippen MR) is 147 cm³/mol. The Morgan fingerprint density at radius 1 is 0.800 bits per heavy atom. The third-order valence-electron chi connectivity index (χ3n) is 4.23. The van der Waals surface area contributed by atoms with Gasteiger partial charge in [-0.05, 0) is 31.2 Å². The third kappa shape index (κ3) is 14.3. The molecular formula is C26H35ClF3N3O7. The number of carbonyl (C=O) groups excluding carboxylic acids is 1. The Labute approximate surface area is 237 Å². The first-order chi connectivity index (χ1) is 18.8. The number of aliphatic hydroxyl groups excluding tert-OH is 1. The highest BCUT2D eigenvalue weighted by molar-refractivity contribution is 5.85. The maximum Gasteiger partial charge on any atom is 0.175 e. The molecule has 7 N–H and O–H groups in total. The molecule has 0 heterocycles. The van der Waals surface area contributed by atoms with E-state index in [1.54, 1.807) is 37.3 Å². The third-order valence-corrected chi connectivity index (χ3v) is 4.23. The minimum Gasteiger partial charge on any atom is -0.494 e. The van der Waals surface area contributed by atoms with E-state index in [9.17, 15) is 18.0 Å². The van der Waals surface area contributed by atoms with Gasteiger partial charge in [0, 0.05) is 24.3 Å². The van der Waals surface area contributed by atoms with Gasteiger partial charge in [-0.15, -0.1) is 12.4 Å². The van der Waals surface area contributed by atoms with Gasteiger partial charge in [-0.1, -0.05) is 35.5 Å². The molecule has 0 bridgehead atoms. The van der Waals surface area contributed by atoms with E-state index in [0.29, 0.717) is 11.8 Å². The number of aliphatic hydroxyl groups is 1.